The minimum absolute atomic E-state index is 0.0653. The van der Waals surface area contributed by atoms with E-state index in [0.29, 0.717) is 22.9 Å². The Balaban J connectivity index is 1.51. The fraction of sp³-hybridized carbons (Fsp3) is 0.238. The molecule has 1 atom stereocenters. The molecule has 0 aliphatic carbocycles. The van der Waals surface area contributed by atoms with E-state index in [4.69, 9.17) is 0 Å². The third-order valence-electron chi connectivity index (χ3n) is 4.96. The lowest BCUT2D eigenvalue weighted by atomic mass is 10.1. The molecule has 2 aromatic heterocycles. The smallest absolute Gasteiger partial charge is 0.253 e. The summed E-state index contributed by atoms with van der Waals surface area (Å²) < 4.78 is 28.2. The summed E-state index contributed by atoms with van der Waals surface area (Å²) in [7, 11) is -3.62. The maximum Gasteiger partial charge on any atom is 0.253 e. The predicted octanol–water partition coefficient (Wildman–Crippen LogP) is 3.35. The number of carbonyl (C=O) groups is 1. The Bertz CT molecular complexity index is 1100. The zero-order valence-corrected chi connectivity index (χ0v) is 17.6. The van der Waals surface area contributed by atoms with Crippen LogP contribution in [0.1, 0.15) is 17.3 Å². The summed E-state index contributed by atoms with van der Waals surface area (Å²) in [5.41, 5.74) is 1.51. The van der Waals surface area contributed by atoms with E-state index in [1.165, 1.54) is 15.6 Å². The molecule has 1 aromatic carbocycles. The quantitative estimate of drug-likeness (QED) is 0.640. The number of carbonyl (C=O) groups excluding carboxylic acids is 1. The second kappa shape index (κ2) is 8.06. The van der Waals surface area contributed by atoms with Gasteiger partial charge in [0.15, 0.2) is 0 Å². The number of thiophene rings is 1. The van der Waals surface area contributed by atoms with Crippen molar-refractivity contribution in [2.45, 2.75) is 17.2 Å². The molecule has 0 saturated carbocycles. The van der Waals surface area contributed by atoms with Crippen LogP contribution in [0.5, 0.6) is 0 Å². The lowest BCUT2D eigenvalue weighted by Gasteiger charge is -2.38. The first-order valence-corrected chi connectivity index (χ1v) is 11.6. The van der Waals surface area contributed by atoms with Crippen molar-refractivity contribution in [2.75, 3.05) is 19.6 Å². The summed E-state index contributed by atoms with van der Waals surface area (Å²) in [6, 6.07) is 16.0. The lowest BCUT2D eigenvalue weighted by molar-refractivity contribution is 0.0642. The van der Waals surface area contributed by atoms with Crippen LogP contribution in [0.4, 0.5) is 0 Å². The average molecular weight is 428 g/mol. The maximum atomic E-state index is 13.2. The van der Waals surface area contributed by atoms with Crippen LogP contribution in [-0.2, 0) is 10.0 Å². The molecule has 1 fully saturated rings. The summed E-state index contributed by atoms with van der Waals surface area (Å²) in [6.07, 6.45) is 3.41. The van der Waals surface area contributed by atoms with Crippen molar-refractivity contribution in [3.8, 4) is 10.4 Å². The number of nitrogens with zero attached hydrogens (tertiary/aromatic N) is 3. The molecule has 8 heteroatoms. The van der Waals surface area contributed by atoms with Gasteiger partial charge in [-0.15, -0.1) is 11.3 Å². The van der Waals surface area contributed by atoms with Gasteiger partial charge >= 0.3 is 0 Å². The number of rotatable bonds is 4. The molecule has 0 radical (unpaired) electrons. The average Bonchev–Trinajstić information content (AvgIpc) is 3.25. The number of benzene rings is 1. The second-order valence-electron chi connectivity index (χ2n) is 6.94. The van der Waals surface area contributed by atoms with Crippen LogP contribution >= 0.6 is 11.3 Å². The van der Waals surface area contributed by atoms with Crippen LogP contribution in [0.15, 0.2) is 71.2 Å². The van der Waals surface area contributed by atoms with Crippen molar-refractivity contribution in [3.05, 3.63) is 72.6 Å². The Morgan fingerprint density at radius 1 is 1.07 bits per heavy atom. The highest BCUT2D eigenvalue weighted by molar-refractivity contribution is 7.91. The standard InChI is InChI=1S/C21H21N3O3S2/c1-16-15-23(21(25)17-6-3-2-4-7-17)12-13-24(16)29(26,27)20-10-9-19(28-20)18-8-5-11-22-14-18/h2-11,14,16H,12-13,15H2,1H3. The van der Waals surface area contributed by atoms with E-state index in [0.717, 1.165) is 10.4 Å². The number of aromatic nitrogens is 1. The molecule has 1 aliphatic rings. The Kier molecular flexibility index (Phi) is 5.49. The molecule has 1 unspecified atom stereocenters. The van der Waals surface area contributed by atoms with E-state index >= 15 is 0 Å². The monoisotopic (exact) mass is 427 g/mol. The normalized spacial score (nSPS) is 18.0. The Morgan fingerprint density at radius 3 is 2.55 bits per heavy atom. The van der Waals surface area contributed by atoms with Crippen molar-refractivity contribution in [3.63, 3.8) is 0 Å². The molecule has 0 N–H and O–H groups in total. The van der Waals surface area contributed by atoms with E-state index in [1.54, 1.807) is 35.5 Å². The van der Waals surface area contributed by atoms with E-state index in [2.05, 4.69) is 4.98 Å². The molecular formula is C21H21N3O3S2. The summed E-state index contributed by atoms with van der Waals surface area (Å²) >= 11 is 1.24. The van der Waals surface area contributed by atoms with E-state index in [9.17, 15) is 13.2 Å². The molecule has 1 saturated heterocycles. The van der Waals surface area contributed by atoms with Crippen LogP contribution in [0.2, 0.25) is 0 Å². The van der Waals surface area contributed by atoms with E-state index < -0.39 is 10.0 Å². The van der Waals surface area contributed by atoms with Gasteiger partial charge in [0.1, 0.15) is 4.21 Å². The van der Waals surface area contributed by atoms with Gasteiger partial charge in [0.05, 0.1) is 0 Å². The molecule has 6 nitrogen and oxygen atoms in total. The van der Waals surface area contributed by atoms with Crippen molar-refractivity contribution in [2.24, 2.45) is 0 Å². The molecule has 0 spiro atoms. The molecular weight excluding hydrogens is 406 g/mol. The third kappa shape index (κ3) is 3.96. The number of hydrogen-bond acceptors (Lipinski definition) is 5. The summed E-state index contributed by atoms with van der Waals surface area (Å²) in [4.78, 5) is 19.4. The van der Waals surface area contributed by atoms with Crippen molar-refractivity contribution in [1.29, 1.82) is 0 Å². The first-order valence-electron chi connectivity index (χ1n) is 9.33. The Morgan fingerprint density at radius 2 is 1.86 bits per heavy atom. The molecule has 3 heterocycles. The van der Waals surface area contributed by atoms with Gasteiger partial charge in [-0.05, 0) is 37.3 Å². The zero-order chi connectivity index (χ0) is 20.4. The largest absolute Gasteiger partial charge is 0.336 e. The maximum absolute atomic E-state index is 13.2. The molecule has 1 aliphatic heterocycles. The van der Waals surface area contributed by atoms with Crippen LogP contribution in [0.25, 0.3) is 10.4 Å². The molecule has 3 aromatic rings. The van der Waals surface area contributed by atoms with Gasteiger partial charge in [0.25, 0.3) is 15.9 Å². The van der Waals surface area contributed by atoms with Crippen LogP contribution in [0, 0.1) is 0 Å². The molecule has 4 rings (SSSR count). The highest BCUT2D eigenvalue weighted by atomic mass is 32.2. The summed E-state index contributed by atoms with van der Waals surface area (Å²) in [5, 5.41) is 0. The highest BCUT2D eigenvalue weighted by Gasteiger charge is 2.36. The number of pyridine rings is 1. The first kappa shape index (κ1) is 19.8. The SMILES string of the molecule is CC1CN(C(=O)c2ccccc2)CCN1S(=O)(=O)c1ccc(-c2cccnc2)s1. The van der Waals surface area contributed by atoms with Crippen molar-refractivity contribution < 1.29 is 13.2 Å². The Hall–Kier alpha value is -2.55. The van der Waals surface area contributed by atoms with Gasteiger partial charge in [-0.25, -0.2) is 8.42 Å². The fourth-order valence-corrected chi connectivity index (χ4v) is 6.52. The topological polar surface area (TPSA) is 70.6 Å². The van der Waals surface area contributed by atoms with Gasteiger partial charge in [-0.3, -0.25) is 9.78 Å². The molecule has 150 valence electrons. The molecule has 0 bridgehead atoms. The lowest BCUT2D eigenvalue weighted by Crippen LogP contribution is -2.55. The zero-order valence-electron chi connectivity index (χ0n) is 15.9. The van der Waals surface area contributed by atoms with Crippen LogP contribution in [0.3, 0.4) is 0 Å². The minimum atomic E-state index is -3.62. The van der Waals surface area contributed by atoms with Crippen LogP contribution in [-0.4, -0.2) is 54.2 Å². The number of amides is 1. The van der Waals surface area contributed by atoms with Crippen molar-refractivity contribution in [1.82, 2.24) is 14.2 Å². The third-order valence-corrected chi connectivity index (χ3v) is 8.58. The number of piperazine rings is 1. The van der Waals surface area contributed by atoms with Gasteiger partial charge in [0.2, 0.25) is 0 Å². The summed E-state index contributed by atoms with van der Waals surface area (Å²) in [5.74, 6) is -0.0653. The molecule has 1 amide bonds. The van der Waals surface area contributed by atoms with E-state index in [-0.39, 0.29) is 18.5 Å². The van der Waals surface area contributed by atoms with Gasteiger partial charge in [-0.2, -0.15) is 4.31 Å². The van der Waals surface area contributed by atoms with Gasteiger partial charge in [0, 0.05) is 54.1 Å². The highest BCUT2D eigenvalue weighted by Crippen LogP contribution is 2.33. The minimum Gasteiger partial charge on any atom is -0.336 e. The molecule has 29 heavy (non-hydrogen) atoms. The Labute approximate surface area is 174 Å². The second-order valence-corrected chi connectivity index (χ2v) is 10.1. The van der Waals surface area contributed by atoms with Gasteiger partial charge < -0.3 is 4.90 Å². The summed E-state index contributed by atoms with van der Waals surface area (Å²) in [6.45, 7) is 2.87. The fourth-order valence-electron chi connectivity index (χ4n) is 3.48. The van der Waals surface area contributed by atoms with Crippen molar-refractivity contribution >= 4 is 27.3 Å². The first-order chi connectivity index (χ1) is 14.0. The predicted molar refractivity (Wildman–Crippen MR) is 113 cm³/mol. The van der Waals surface area contributed by atoms with E-state index in [1.807, 2.05) is 43.3 Å². The van der Waals surface area contributed by atoms with Gasteiger partial charge in [-0.1, -0.05) is 24.3 Å². The van der Waals surface area contributed by atoms with Crippen LogP contribution < -0.4 is 0 Å². The number of sulfonamides is 1. The number of hydrogen-bond donors (Lipinski definition) is 0.